The SMILES string of the molecule is Cc1ccc(OS(=O)OCCC2OCCCO2)cc1. The molecule has 0 N–H and O–H groups in total. The molecular formula is C13H18O5S. The Hall–Kier alpha value is -0.950. The molecule has 2 rings (SSSR count). The molecule has 1 saturated heterocycles. The van der Waals surface area contributed by atoms with Gasteiger partial charge in [0.15, 0.2) is 6.29 Å². The van der Waals surface area contributed by atoms with Crippen LogP contribution in [0.25, 0.3) is 0 Å². The highest BCUT2D eigenvalue weighted by atomic mass is 32.2. The third kappa shape index (κ3) is 5.28. The Morgan fingerprint density at radius 3 is 2.63 bits per heavy atom. The van der Waals surface area contributed by atoms with Gasteiger partial charge in [-0.1, -0.05) is 17.7 Å². The molecule has 0 aliphatic carbocycles. The summed E-state index contributed by atoms with van der Waals surface area (Å²) in [5.41, 5.74) is 1.12. The van der Waals surface area contributed by atoms with Crippen molar-refractivity contribution >= 4 is 11.4 Å². The summed E-state index contributed by atoms with van der Waals surface area (Å²) in [4.78, 5) is 0. The largest absolute Gasteiger partial charge is 0.380 e. The lowest BCUT2D eigenvalue weighted by Gasteiger charge is -2.22. The maximum atomic E-state index is 11.5. The van der Waals surface area contributed by atoms with Crippen molar-refractivity contribution in [2.75, 3.05) is 19.8 Å². The molecule has 1 aromatic rings. The summed E-state index contributed by atoms with van der Waals surface area (Å²) in [7, 11) is 0. The van der Waals surface area contributed by atoms with Crippen LogP contribution in [0.5, 0.6) is 5.75 Å². The van der Waals surface area contributed by atoms with Crippen LogP contribution in [-0.2, 0) is 25.0 Å². The molecular weight excluding hydrogens is 268 g/mol. The molecule has 0 spiro atoms. The van der Waals surface area contributed by atoms with Gasteiger partial charge in [-0.2, -0.15) is 4.21 Å². The van der Waals surface area contributed by atoms with Gasteiger partial charge in [-0.05, 0) is 25.5 Å². The van der Waals surface area contributed by atoms with E-state index in [0.29, 0.717) is 25.4 Å². The van der Waals surface area contributed by atoms with E-state index in [2.05, 4.69) is 0 Å². The van der Waals surface area contributed by atoms with Crippen LogP contribution in [0.1, 0.15) is 18.4 Å². The predicted molar refractivity (Wildman–Crippen MR) is 70.8 cm³/mol. The van der Waals surface area contributed by atoms with Crippen LogP contribution in [0.15, 0.2) is 24.3 Å². The Balaban J connectivity index is 1.65. The molecule has 1 aliphatic rings. The van der Waals surface area contributed by atoms with E-state index in [1.165, 1.54) is 0 Å². The summed E-state index contributed by atoms with van der Waals surface area (Å²) in [6.07, 6.45) is 1.20. The minimum Gasteiger partial charge on any atom is -0.380 e. The average Bonchev–Trinajstić information content (AvgIpc) is 2.43. The van der Waals surface area contributed by atoms with E-state index in [4.69, 9.17) is 17.8 Å². The van der Waals surface area contributed by atoms with Gasteiger partial charge >= 0.3 is 11.4 Å². The predicted octanol–water partition coefficient (Wildman–Crippen LogP) is 2.12. The Labute approximate surface area is 115 Å². The summed E-state index contributed by atoms with van der Waals surface area (Å²) in [6, 6.07) is 7.28. The number of aryl methyl sites for hydroxylation is 1. The third-order valence-electron chi connectivity index (χ3n) is 2.61. The number of benzene rings is 1. The van der Waals surface area contributed by atoms with E-state index in [9.17, 15) is 4.21 Å². The van der Waals surface area contributed by atoms with Crippen molar-refractivity contribution in [1.82, 2.24) is 0 Å². The Bertz CT molecular complexity index is 400. The van der Waals surface area contributed by atoms with E-state index in [-0.39, 0.29) is 12.9 Å². The van der Waals surface area contributed by atoms with Crippen molar-refractivity contribution in [3.8, 4) is 5.75 Å². The van der Waals surface area contributed by atoms with E-state index < -0.39 is 11.4 Å². The topological polar surface area (TPSA) is 54.0 Å². The number of rotatable bonds is 6. The first kappa shape index (κ1) is 14.5. The standard InChI is InChI=1S/C13H18O5S/c1-11-3-5-12(6-4-11)18-19(14)17-10-7-13-15-8-2-9-16-13/h3-6,13H,2,7-10H2,1H3. The van der Waals surface area contributed by atoms with Gasteiger partial charge < -0.3 is 13.7 Å². The second-order valence-corrected chi connectivity index (χ2v) is 5.05. The van der Waals surface area contributed by atoms with Gasteiger partial charge in [0.2, 0.25) is 0 Å². The van der Waals surface area contributed by atoms with Gasteiger partial charge in [-0.3, -0.25) is 4.18 Å². The second-order valence-electron chi connectivity index (χ2n) is 4.24. The maximum Gasteiger partial charge on any atom is 0.360 e. The van der Waals surface area contributed by atoms with E-state index in [1.54, 1.807) is 12.1 Å². The normalized spacial score (nSPS) is 18.2. The van der Waals surface area contributed by atoms with Crippen molar-refractivity contribution in [2.24, 2.45) is 0 Å². The van der Waals surface area contributed by atoms with Gasteiger partial charge in [0, 0.05) is 6.42 Å². The first-order valence-corrected chi connectivity index (χ1v) is 7.27. The highest BCUT2D eigenvalue weighted by Gasteiger charge is 2.14. The summed E-state index contributed by atoms with van der Waals surface area (Å²) in [6.45, 7) is 3.64. The summed E-state index contributed by atoms with van der Waals surface area (Å²) in [5, 5.41) is 0. The molecule has 0 bridgehead atoms. The molecule has 0 saturated carbocycles. The molecule has 1 heterocycles. The van der Waals surface area contributed by atoms with Crippen LogP contribution in [0.3, 0.4) is 0 Å². The monoisotopic (exact) mass is 286 g/mol. The third-order valence-corrected chi connectivity index (χ3v) is 3.30. The fourth-order valence-electron chi connectivity index (χ4n) is 1.61. The zero-order valence-electron chi connectivity index (χ0n) is 10.9. The number of hydrogen-bond acceptors (Lipinski definition) is 5. The molecule has 0 radical (unpaired) electrons. The Morgan fingerprint density at radius 1 is 1.26 bits per heavy atom. The highest BCUT2D eigenvalue weighted by molar-refractivity contribution is 7.75. The summed E-state index contributed by atoms with van der Waals surface area (Å²) in [5.74, 6) is 0.522. The molecule has 6 heteroatoms. The number of hydrogen-bond donors (Lipinski definition) is 0. The quantitative estimate of drug-likeness (QED) is 0.802. The van der Waals surface area contributed by atoms with E-state index in [0.717, 1.165) is 12.0 Å². The number of ether oxygens (including phenoxy) is 2. The Kier molecular flexibility index (Phi) is 5.78. The minimum atomic E-state index is -1.79. The van der Waals surface area contributed by atoms with E-state index in [1.807, 2.05) is 19.1 Å². The van der Waals surface area contributed by atoms with Gasteiger partial charge in [0.05, 0.1) is 19.8 Å². The average molecular weight is 286 g/mol. The molecule has 1 unspecified atom stereocenters. The van der Waals surface area contributed by atoms with Crippen LogP contribution < -0.4 is 4.18 Å². The fourth-order valence-corrected chi connectivity index (χ4v) is 2.16. The minimum absolute atomic E-state index is 0.259. The maximum absolute atomic E-state index is 11.5. The van der Waals surface area contributed by atoms with Crippen molar-refractivity contribution in [1.29, 1.82) is 0 Å². The van der Waals surface area contributed by atoms with E-state index >= 15 is 0 Å². The van der Waals surface area contributed by atoms with Gasteiger partial charge in [-0.15, -0.1) is 0 Å². The molecule has 0 aromatic heterocycles. The summed E-state index contributed by atoms with van der Waals surface area (Å²) >= 11 is -1.79. The van der Waals surface area contributed by atoms with Crippen molar-refractivity contribution in [2.45, 2.75) is 26.1 Å². The van der Waals surface area contributed by atoms with Gasteiger partial charge in [-0.25, -0.2) is 0 Å². The van der Waals surface area contributed by atoms with Crippen molar-refractivity contribution in [3.63, 3.8) is 0 Å². The fraction of sp³-hybridized carbons (Fsp3) is 0.538. The van der Waals surface area contributed by atoms with Crippen LogP contribution >= 0.6 is 0 Å². The van der Waals surface area contributed by atoms with Crippen LogP contribution in [0, 0.1) is 6.92 Å². The lowest BCUT2D eigenvalue weighted by molar-refractivity contribution is -0.183. The molecule has 0 amide bonds. The first-order chi connectivity index (χ1) is 9.24. The van der Waals surface area contributed by atoms with Crippen LogP contribution in [0.4, 0.5) is 0 Å². The first-order valence-electron chi connectivity index (χ1n) is 6.27. The van der Waals surface area contributed by atoms with Crippen molar-refractivity contribution in [3.05, 3.63) is 29.8 Å². The second kappa shape index (κ2) is 7.59. The van der Waals surface area contributed by atoms with Crippen LogP contribution in [0.2, 0.25) is 0 Å². The molecule has 106 valence electrons. The van der Waals surface area contributed by atoms with Crippen LogP contribution in [-0.4, -0.2) is 30.3 Å². The molecule has 5 nitrogen and oxygen atoms in total. The van der Waals surface area contributed by atoms with Gasteiger partial charge in [0.1, 0.15) is 5.75 Å². The summed E-state index contributed by atoms with van der Waals surface area (Å²) < 4.78 is 32.4. The highest BCUT2D eigenvalue weighted by Crippen LogP contribution is 2.14. The smallest absolute Gasteiger partial charge is 0.360 e. The molecule has 1 aliphatic heterocycles. The lowest BCUT2D eigenvalue weighted by atomic mass is 10.2. The van der Waals surface area contributed by atoms with Crippen molar-refractivity contribution < 1.29 is 22.0 Å². The van der Waals surface area contributed by atoms with Gasteiger partial charge in [0.25, 0.3) is 0 Å². The molecule has 1 aromatic carbocycles. The Morgan fingerprint density at radius 2 is 1.95 bits per heavy atom. The lowest BCUT2D eigenvalue weighted by Crippen LogP contribution is -2.26. The zero-order chi connectivity index (χ0) is 13.5. The molecule has 19 heavy (non-hydrogen) atoms. The molecule has 1 fully saturated rings. The molecule has 1 atom stereocenters. The zero-order valence-corrected chi connectivity index (χ0v) is 11.7.